The zero-order valence-electron chi connectivity index (χ0n) is 15.2. The van der Waals surface area contributed by atoms with E-state index in [-0.39, 0.29) is 5.82 Å². The van der Waals surface area contributed by atoms with Gasteiger partial charge in [0.2, 0.25) is 0 Å². The Morgan fingerprint density at radius 1 is 0.840 bits per heavy atom. The molecule has 2 aromatic carbocycles. The standard InChI is InChI=1S/C23H29FO/c1-2-18-5-7-19(8-6-18)4-3-17-25-23-15-11-21(12-16-23)20-9-13-22(24)14-10-20/h9-16,18-19H,2-8,17H2,1H3/t18-,19-. The molecule has 0 aromatic heterocycles. The number of hydrogen-bond acceptors (Lipinski definition) is 1. The highest BCUT2D eigenvalue weighted by atomic mass is 19.1. The normalized spacial score (nSPS) is 20.4. The van der Waals surface area contributed by atoms with Gasteiger partial charge in [-0.15, -0.1) is 0 Å². The van der Waals surface area contributed by atoms with Crippen molar-refractivity contribution in [3.8, 4) is 16.9 Å². The summed E-state index contributed by atoms with van der Waals surface area (Å²) in [6.07, 6.45) is 9.45. The molecule has 0 radical (unpaired) electrons. The molecular formula is C23H29FO. The molecule has 2 aromatic rings. The van der Waals surface area contributed by atoms with Gasteiger partial charge in [-0.25, -0.2) is 4.39 Å². The largest absolute Gasteiger partial charge is 0.494 e. The van der Waals surface area contributed by atoms with Gasteiger partial charge in [0.15, 0.2) is 0 Å². The smallest absolute Gasteiger partial charge is 0.123 e. The van der Waals surface area contributed by atoms with Crippen molar-refractivity contribution in [2.45, 2.75) is 51.9 Å². The first kappa shape index (κ1) is 18.0. The second-order valence-corrected chi connectivity index (χ2v) is 7.32. The predicted octanol–water partition coefficient (Wildman–Crippen LogP) is 6.87. The van der Waals surface area contributed by atoms with Crippen LogP contribution in [0.1, 0.15) is 51.9 Å². The van der Waals surface area contributed by atoms with Crippen molar-refractivity contribution in [1.82, 2.24) is 0 Å². The van der Waals surface area contributed by atoms with Gasteiger partial charge >= 0.3 is 0 Å². The molecule has 1 fully saturated rings. The Bertz CT molecular complexity index is 624. The second kappa shape index (κ2) is 9.03. The molecule has 134 valence electrons. The molecular weight excluding hydrogens is 311 g/mol. The van der Waals surface area contributed by atoms with Gasteiger partial charge in [0.25, 0.3) is 0 Å². The van der Waals surface area contributed by atoms with Crippen LogP contribution in [0.15, 0.2) is 48.5 Å². The quantitative estimate of drug-likeness (QED) is 0.500. The summed E-state index contributed by atoms with van der Waals surface area (Å²) in [5.74, 6) is 2.60. The summed E-state index contributed by atoms with van der Waals surface area (Å²) < 4.78 is 18.9. The number of benzene rings is 2. The summed E-state index contributed by atoms with van der Waals surface area (Å²) in [4.78, 5) is 0. The zero-order valence-corrected chi connectivity index (χ0v) is 15.2. The summed E-state index contributed by atoms with van der Waals surface area (Å²) in [6.45, 7) is 3.11. The van der Waals surface area contributed by atoms with E-state index in [0.717, 1.165) is 41.7 Å². The van der Waals surface area contributed by atoms with E-state index in [2.05, 4.69) is 6.92 Å². The third-order valence-electron chi connectivity index (χ3n) is 5.60. The van der Waals surface area contributed by atoms with E-state index in [0.29, 0.717) is 0 Å². The molecule has 0 unspecified atom stereocenters. The van der Waals surface area contributed by atoms with Crippen molar-refractivity contribution >= 4 is 0 Å². The highest BCUT2D eigenvalue weighted by Crippen LogP contribution is 2.33. The highest BCUT2D eigenvalue weighted by molar-refractivity contribution is 5.63. The Morgan fingerprint density at radius 3 is 2.00 bits per heavy atom. The Labute approximate surface area is 151 Å². The molecule has 1 nitrogen and oxygen atoms in total. The Kier molecular flexibility index (Phi) is 6.49. The number of rotatable bonds is 7. The fourth-order valence-corrected chi connectivity index (χ4v) is 3.88. The lowest BCUT2D eigenvalue weighted by atomic mass is 9.79. The van der Waals surface area contributed by atoms with Crippen LogP contribution in [0, 0.1) is 17.7 Å². The van der Waals surface area contributed by atoms with Crippen LogP contribution in [0.5, 0.6) is 5.75 Å². The average molecular weight is 340 g/mol. The van der Waals surface area contributed by atoms with Crippen molar-refractivity contribution in [3.63, 3.8) is 0 Å². The minimum atomic E-state index is -0.202. The number of hydrogen-bond donors (Lipinski definition) is 0. The third-order valence-corrected chi connectivity index (χ3v) is 5.60. The lowest BCUT2D eigenvalue weighted by Crippen LogP contribution is -2.14. The Morgan fingerprint density at radius 2 is 1.40 bits per heavy atom. The van der Waals surface area contributed by atoms with E-state index in [1.54, 1.807) is 12.1 Å². The lowest BCUT2D eigenvalue weighted by molar-refractivity contribution is 0.234. The van der Waals surface area contributed by atoms with Gasteiger partial charge in [-0.3, -0.25) is 0 Å². The lowest BCUT2D eigenvalue weighted by Gasteiger charge is -2.27. The highest BCUT2D eigenvalue weighted by Gasteiger charge is 2.19. The first-order chi connectivity index (χ1) is 12.2. The molecule has 0 spiro atoms. The van der Waals surface area contributed by atoms with Crippen molar-refractivity contribution in [2.24, 2.45) is 11.8 Å². The van der Waals surface area contributed by atoms with Gasteiger partial charge in [-0.2, -0.15) is 0 Å². The van der Waals surface area contributed by atoms with E-state index in [4.69, 9.17) is 4.74 Å². The van der Waals surface area contributed by atoms with Crippen LogP contribution < -0.4 is 4.74 Å². The van der Waals surface area contributed by atoms with Crippen LogP contribution in [0.2, 0.25) is 0 Å². The third kappa shape index (κ3) is 5.32. The summed E-state index contributed by atoms with van der Waals surface area (Å²) in [7, 11) is 0. The molecule has 0 bridgehead atoms. The van der Waals surface area contributed by atoms with Crippen LogP contribution in [-0.2, 0) is 0 Å². The summed E-state index contributed by atoms with van der Waals surface area (Å²) in [6, 6.07) is 14.7. The maximum absolute atomic E-state index is 13.0. The number of ether oxygens (including phenoxy) is 1. The Balaban J connectivity index is 1.39. The maximum atomic E-state index is 13.0. The SMILES string of the molecule is CC[C@H]1CC[C@H](CCCOc2ccc(-c3ccc(F)cc3)cc2)CC1. The van der Waals surface area contributed by atoms with E-state index in [1.807, 2.05) is 24.3 Å². The molecule has 25 heavy (non-hydrogen) atoms. The summed E-state index contributed by atoms with van der Waals surface area (Å²) in [5.41, 5.74) is 2.11. The van der Waals surface area contributed by atoms with Crippen LogP contribution >= 0.6 is 0 Å². The molecule has 1 aliphatic carbocycles. The van der Waals surface area contributed by atoms with E-state index >= 15 is 0 Å². The van der Waals surface area contributed by atoms with E-state index in [1.165, 1.54) is 50.7 Å². The van der Waals surface area contributed by atoms with Gasteiger partial charge < -0.3 is 4.74 Å². The van der Waals surface area contributed by atoms with Crippen molar-refractivity contribution in [1.29, 1.82) is 0 Å². The van der Waals surface area contributed by atoms with Crippen LogP contribution in [0.4, 0.5) is 4.39 Å². The molecule has 0 atom stereocenters. The molecule has 0 saturated heterocycles. The van der Waals surface area contributed by atoms with Gasteiger partial charge in [-0.05, 0) is 60.1 Å². The van der Waals surface area contributed by atoms with Gasteiger partial charge in [0.1, 0.15) is 11.6 Å². The Hall–Kier alpha value is -1.83. The molecule has 0 aliphatic heterocycles. The molecule has 3 rings (SSSR count). The van der Waals surface area contributed by atoms with E-state index < -0.39 is 0 Å². The predicted molar refractivity (Wildman–Crippen MR) is 102 cm³/mol. The molecule has 1 saturated carbocycles. The first-order valence-corrected chi connectivity index (χ1v) is 9.73. The van der Waals surface area contributed by atoms with Gasteiger partial charge in [-0.1, -0.05) is 63.3 Å². The van der Waals surface area contributed by atoms with Crippen LogP contribution in [-0.4, -0.2) is 6.61 Å². The van der Waals surface area contributed by atoms with Gasteiger partial charge in [0.05, 0.1) is 6.61 Å². The number of halogens is 1. The van der Waals surface area contributed by atoms with Crippen LogP contribution in [0.3, 0.4) is 0 Å². The van der Waals surface area contributed by atoms with E-state index in [9.17, 15) is 4.39 Å². The molecule has 1 aliphatic rings. The van der Waals surface area contributed by atoms with Gasteiger partial charge in [0, 0.05) is 0 Å². The molecule has 0 heterocycles. The molecule has 0 N–H and O–H groups in total. The fourth-order valence-electron chi connectivity index (χ4n) is 3.88. The monoisotopic (exact) mass is 340 g/mol. The zero-order chi connectivity index (χ0) is 17.5. The first-order valence-electron chi connectivity index (χ1n) is 9.73. The summed E-state index contributed by atoms with van der Waals surface area (Å²) >= 11 is 0. The topological polar surface area (TPSA) is 9.23 Å². The molecule has 0 amide bonds. The fraction of sp³-hybridized carbons (Fsp3) is 0.478. The van der Waals surface area contributed by atoms with Crippen molar-refractivity contribution in [2.75, 3.05) is 6.61 Å². The average Bonchev–Trinajstić information content (AvgIpc) is 2.67. The van der Waals surface area contributed by atoms with Crippen molar-refractivity contribution < 1.29 is 9.13 Å². The second-order valence-electron chi connectivity index (χ2n) is 7.32. The van der Waals surface area contributed by atoms with Crippen molar-refractivity contribution in [3.05, 3.63) is 54.3 Å². The molecule has 2 heteroatoms. The minimum absolute atomic E-state index is 0.202. The minimum Gasteiger partial charge on any atom is -0.494 e. The summed E-state index contributed by atoms with van der Waals surface area (Å²) in [5, 5.41) is 0. The van der Waals surface area contributed by atoms with Crippen LogP contribution in [0.25, 0.3) is 11.1 Å². The maximum Gasteiger partial charge on any atom is 0.123 e.